The third-order valence-corrected chi connectivity index (χ3v) is 11.1. The first-order valence-corrected chi connectivity index (χ1v) is 16.8. The minimum Gasteiger partial charge on any atom is -0.491 e. The molecule has 3 fully saturated rings. The van der Waals surface area contributed by atoms with Crippen molar-refractivity contribution < 1.29 is 59.8 Å². The van der Waals surface area contributed by atoms with Crippen LogP contribution in [0.1, 0.15) is 42.4 Å². The van der Waals surface area contributed by atoms with E-state index in [0.717, 1.165) is 17.0 Å². The van der Waals surface area contributed by atoms with E-state index in [9.17, 15) is 55.0 Å². The fourth-order valence-electron chi connectivity index (χ4n) is 8.51. The van der Waals surface area contributed by atoms with Crippen LogP contribution >= 0.6 is 11.6 Å². The predicted molar refractivity (Wildman–Crippen MR) is 174 cm³/mol. The zero-order valence-electron chi connectivity index (χ0n) is 27.5. The lowest BCUT2D eigenvalue weighted by Gasteiger charge is -2.49. The molecular formula is C37H28ClF7N2O6. The van der Waals surface area contributed by atoms with E-state index in [2.05, 4.69) is 0 Å². The molecule has 7 rings (SSSR count). The summed E-state index contributed by atoms with van der Waals surface area (Å²) in [4.78, 5) is 58.2. The van der Waals surface area contributed by atoms with Crippen molar-refractivity contribution in [3.63, 3.8) is 0 Å². The Bertz CT molecular complexity index is 2050. The topological polar surface area (TPSA) is 104 Å². The number of carbonyl (C=O) groups is 4. The lowest BCUT2D eigenvalue weighted by atomic mass is 9.51. The maximum absolute atomic E-state index is 14.5. The van der Waals surface area contributed by atoms with Gasteiger partial charge in [0, 0.05) is 5.92 Å². The van der Waals surface area contributed by atoms with E-state index in [1.54, 1.807) is 37.3 Å². The molecule has 8 nitrogen and oxygen atoms in total. The molecule has 2 aliphatic heterocycles. The Morgan fingerprint density at radius 3 is 2.06 bits per heavy atom. The van der Waals surface area contributed by atoms with Crippen LogP contribution in [-0.2, 0) is 31.5 Å². The number of carbonyl (C=O) groups excluding carboxylic acids is 4. The highest BCUT2D eigenvalue weighted by Gasteiger charge is 2.67. The Balaban J connectivity index is 1.34. The summed E-state index contributed by atoms with van der Waals surface area (Å²) < 4.78 is 102. The number of imide groups is 2. The Morgan fingerprint density at radius 2 is 1.47 bits per heavy atom. The van der Waals surface area contributed by atoms with Crippen LogP contribution in [-0.4, -0.2) is 41.9 Å². The molecule has 2 aliphatic carbocycles. The first kappa shape index (κ1) is 36.6. The summed E-state index contributed by atoms with van der Waals surface area (Å²) >= 11 is 6.01. The van der Waals surface area contributed by atoms with Gasteiger partial charge < -0.3 is 9.84 Å². The second-order valence-electron chi connectivity index (χ2n) is 13.7. The molecule has 0 bridgehead atoms. The Kier molecular flexibility index (Phi) is 8.76. The number of halogens is 8. The normalized spacial score (nSPS) is 27.1. The van der Waals surface area contributed by atoms with Gasteiger partial charge in [-0.2, -0.15) is 26.3 Å². The fraction of sp³-hybridized carbons (Fsp3) is 0.351. The number of amides is 4. The number of aliphatic hydroxyl groups excluding tert-OH is 1. The number of allylic oxidation sites excluding steroid dienone is 2. The van der Waals surface area contributed by atoms with E-state index in [4.69, 9.17) is 16.3 Å². The van der Waals surface area contributed by atoms with Crippen molar-refractivity contribution in [2.75, 3.05) is 23.0 Å². The fourth-order valence-corrected chi connectivity index (χ4v) is 8.68. The Hall–Kier alpha value is -4.76. The van der Waals surface area contributed by atoms with Crippen molar-refractivity contribution in [1.82, 2.24) is 0 Å². The summed E-state index contributed by atoms with van der Waals surface area (Å²) in [5.41, 5.74) is -4.82. The number of nitrogens with zero attached hydrogens (tertiary/aromatic N) is 2. The molecule has 3 aromatic carbocycles. The first-order valence-electron chi connectivity index (χ1n) is 16.4. The highest BCUT2D eigenvalue weighted by atomic mass is 35.5. The van der Waals surface area contributed by atoms with Crippen LogP contribution in [0.5, 0.6) is 5.75 Å². The van der Waals surface area contributed by atoms with E-state index in [-0.39, 0.29) is 42.8 Å². The molecule has 0 unspecified atom stereocenters. The van der Waals surface area contributed by atoms with Crippen molar-refractivity contribution in [2.24, 2.45) is 29.1 Å². The van der Waals surface area contributed by atoms with Crippen LogP contribution in [0, 0.1) is 34.9 Å². The second-order valence-corrected chi connectivity index (χ2v) is 14.1. The minimum atomic E-state index is -5.24. The molecule has 0 radical (unpaired) electrons. The average Bonchev–Trinajstić information content (AvgIpc) is 3.47. The molecule has 4 amide bonds. The minimum absolute atomic E-state index is 0.00772. The number of ether oxygens (including phenoxy) is 1. The van der Waals surface area contributed by atoms with Gasteiger partial charge in [-0.15, -0.1) is 0 Å². The zero-order valence-corrected chi connectivity index (χ0v) is 28.2. The number of fused-ring (bicyclic) bond motifs is 4. The number of hydrogen-bond acceptors (Lipinski definition) is 6. The van der Waals surface area contributed by atoms with E-state index in [0.29, 0.717) is 33.9 Å². The largest absolute Gasteiger partial charge is 0.491 e. The molecule has 16 heteroatoms. The molecule has 4 aliphatic rings. The lowest BCUT2D eigenvalue weighted by molar-refractivity contribution is -0.143. The Morgan fingerprint density at radius 1 is 0.830 bits per heavy atom. The third-order valence-electron chi connectivity index (χ3n) is 10.8. The maximum atomic E-state index is 14.5. The summed E-state index contributed by atoms with van der Waals surface area (Å²) in [5, 5.41) is 8.82. The van der Waals surface area contributed by atoms with Crippen LogP contribution in [0.15, 0.2) is 72.3 Å². The summed E-state index contributed by atoms with van der Waals surface area (Å²) in [5.74, 6) is -9.26. The van der Waals surface area contributed by atoms with E-state index in [1.807, 2.05) is 0 Å². The molecule has 278 valence electrons. The van der Waals surface area contributed by atoms with Gasteiger partial charge in [-0.25, -0.2) is 14.2 Å². The van der Waals surface area contributed by atoms with Gasteiger partial charge in [0.25, 0.3) is 0 Å². The number of benzene rings is 3. The quantitative estimate of drug-likeness (QED) is 0.160. The second kappa shape index (κ2) is 12.7. The molecule has 2 saturated heterocycles. The zero-order chi connectivity index (χ0) is 38.4. The smallest absolute Gasteiger partial charge is 0.416 e. The molecule has 3 aromatic rings. The van der Waals surface area contributed by atoms with E-state index < -0.39 is 93.6 Å². The van der Waals surface area contributed by atoms with Gasteiger partial charge >= 0.3 is 12.4 Å². The van der Waals surface area contributed by atoms with E-state index >= 15 is 0 Å². The van der Waals surface area contributed by atoms with Gasteiger partial charge in [-0.1, -0.05) is 35.4 Å². The van der Waals surface area contributed by atoms with Crippen LogP contribution < -0.4 is 14.5 Å². The molecule has 0 spiro atoms. The van der Waals surface area contributed by atoms with Crippen molar-refractivity contribution >= 4 is 46.6 Å². The molecule has 6 atom stereocenters. The van der Waals surface area contributed by atoms with Crippen molar-refractivity contribution in [3.8, 4) is 5.75 Å². The van der Waals surface area contributed by atoms with Crippen LogP contribution in [0.4, 0.5) is 42.1 Å². The van der Waals surface area contributed by atoms with Crippen LogP contribution in [0.3, 0.4) is 0 Å². The summed E-state index contributed by atoms with van der Waals surface area (Å²) in [7, 11) is 0. The number of aliphatic hydroxyl groups is 1. The van der Waals surface area contributed by atoms with Crippen molar-refractivity contribution in [2.45, 2.75) is 38.0 Å². The Labute approximate surface area is 301 Å². The standard InChI is InChI=1S/C37H28ClF7N2O6/c1-35-26(32(50)47(34(35)52)20-4-9-28(39)27(38)15-20)16-25-23(30(35)17-2-5-22(6-3-17)53-11-10-48)7-8-24-29(25)33(51)46(31(24)49)21-13-18(36(40,41)42)12-19(14-21)37(43,44)45/h2-7,9,12-15,24-26,29-30,48H,8,10-11,16H2,1H3/t24-,25+,26-,29-,30-,35+/m0/s1. The maximum Gasteiger partial charge on any atom is 0.416 e. The van der Waals surface area contributed by atoms with Crippen molar-refractivity contribution in [1.29, 1.82) is 0 Å². The van der Waals surface area contributed by atoms with Crippen molar-refractivity contribution in [3.05, 3.63) is 99.8 Å². The van der Waals surface area contributed by atoms with Gasteiger partial charge in [-0.3, -0.25) is 19.2 Å². The van der Waals surface area contributed by atoms with E-state index in [1.165, 1.54) is 6.07 Å². The van der Waals surface area contributed by atoms with Gasteiger partial charge in [0.15, 0.2) is 0 Å². The highest BCUT2D eigenvalue weighted by molar-refractivity contribution is 6.32. The summed E-state index contributed by atoms with van der Waals surface area (Å²) in [6.45, 7) is 1.31. The number of hydrogen-bond donors (Lipinski definition) is 1. The highest BCUT2D eigenvalue weighted by Crippen LogP contribution is 2.64. The lowest BCUT2D eigenvalue weighted by Crippen LogP contribution is -2.48. The molecule has 1 saturated carbocycles. The monoisotopic (exact) mass is 764 g/mol. The molecule has 0 aromatic heterocycles. The molecule has 53 heavy (non-hydrogen) atoms. The number of anilines is 2. The first-order chi connectivity index (χ1) is 24.9. The van der Waals surface area contributed by atoms with Gasteiger partial charge in [-0.05, 0) is 79.8 Å². The number of alkyl halides is 6. The van der Waals surface area contributed by atoms with Crippen LogP contribution in [0.2, 0.25) is 5.02 Å². The molecule has 1 N–H and O–H groups in total. The summed E-state index contributed by atoms with van der Waals surface area (Å²) in [6.07, 6.45) is -9.11. The van der Waals surface area contributed by atoms with Crippen LogP contribution in [0.25, 0.3) is 0 Å². The predicted octanol–water partition coefficient (Wildman–Crippen LogP) is 7.32. The average molecular weight is 765 g/mol. The van der Waals surface area contributed by atoms with Gasteiger partial charge in [0.1, 0.15) is 18.2 Å². The third kappa shape index (κ3) is 5.79. The van der Waals surface area contributed by atoms with Gasteiger partial charge in [0.2, 0.25) is 23.6 Å². The SMILES string of the molecule is C[C@@]12C(=O)N(c3ccc(F)c(Cl)c3)C(=O)[C@@H]1C[C@@H]1C(=CC[C@@H]3C(=O)N(c4cc(C(F)(F)F)cc(C(F)(F)F)c4)C(=O)[C@@H]31)[C@@H]2c1ccc(OCCO)cc1. The molecular weight excluding hydrogens is 737 g/mol. The molecule has 2 heterocycles. The summed E-state index contributed by atoms with van der Waals surface area (Å²) in [6, 6.07) is 10.3. The number of rotatable bonds is 6. The van der Waals surface area contributed by atoms with Gasteiger partial charge in [0.05, 0.1) is 57.3 Å².